The van der Waals surface area contributed by atoms with Crippen LogP contribution in [-0.2, 0) is 18.4 Å². The minimum Gasteiger partial charge on any atom is -0.475 e. The lowest BCUT2D eigenvalue weighted by Crippen LogP contribution is -2.36. The Labute approximate surface area is 92.2 Å². The molecular weight excluding hydrogens is 245 g/mol. The second-order valence-electron chi connectivity index (χ2n) is 2.96. The molecule has 1 aromatic rings. The average molecular weight is 252 g/mol. The van der Waals surface area contributed by atoms with E-state index in [0.717, 1.165) is 4.68 Å². The first-order chi connectivity index (χ1) is 7.71. The maximum atomic E-state index is 11.8. The molecule has 0 saturated heterocycles. The number of hydrogen-bond donors (Lipinski definition) is 2. The number of carboxylic acids is 1. The molecule has 0 bridgehead atoms. The number of nitrogens with zero attached hydrogens (tertiary/aromatic N) is 3. The van der Waals surface area contributed by atoms with Crippen molar-refractivity contribution in [2.24, 2.45) is 7.05 Å². The smallest absolute Gasteiger partial charge is 0.471 e. The number of carbonyl (C=O) groups excluding carboxylic acids is 1. The van der Waals surface area contributed by atoms with Gasteiger partial charge in [0.1, 0.15) is 0 Å². The molecular formula is C7H7F3N4O3. The van der Waals surface area contributed by atoms with Gasteiger partial charge in [0.25, 0.3) is 0 Å². The van der Waals surface area contributed by atoms with Gasteiger partial charge in [0.2, 0.25) is 5.82 Å². The standard InChI is InChI=1S/C7H7F3N4O3/c1-14-4(5(15)16)12-3(13-14)2-11-6(17)7(8,9)10/h2H2,1H3,(H,11,17)(H,15,16). The lowest BCUT2D eigenvalue weighted by molar-refractivity contribution is -0.173. The maximum Gasteiger partial charge on any atom is 0.471 e. The van der Waals surface area contributed by atoms with E-state index < -0.39 is 30.4 Å². The van der Waals surface area contributed by atoms with Crippen molar-refractivity contribution in [3.63, 3.8) is 0 Å². The molecule has 0 atom stereocenters. The summed E-state index contributed by atoms with van der Waals surface area (Å²) >= 11 is 0. The van der Waals surface area contributed by atoms with Gasteiger partial charge in [0.15, 0.2) is 5.82 Å². The van der Waals surface area contributed by atoms with E-state index >= 15 is 0 Å². The van der Waals surface area contributed by atoms with Crippen LogP contribution in [0.15, 0.2) is 0 Å². The van der Waals surface area contributed by atoms with E-state index in [4.69, 9.17) is 5.11 Å². The Kier molecular flexibility index (Phi) is 3.34. The third-order valence-corrected chi connectivity index (χ3v) is 1.66. The van der Waals surface area contributed by atoms with Gasteiger partial charge in [-0.15, -0.1) is 0 Å². The molecule has 7 nitrogen and oxygen atoms in total. The van der Waals surface area contributed by atoms with Crippen LogP contribution in [0.1, 0.15) is 16.4 Å². The highest BCUT2D eigenvalue weighted by molar-refractivity contribution is 5.83. The molecule has 0 fully saturated rings. The number of aryl methyl sites for hydroxylation is 1. The number of amides is 1. The average Bonchev–Trinajstić information content (AvgIpc) is 2.54. The lowest BCUT2D eigenvalue weighted by atomic mass is 10.5. The minimum atomic E-state index is -5.00. The van der Waals surface area contributed by atoms with Crippen molar-refractivity contribution in [3.05, 3.63) is 11.6 Å². The van der Waals surface area contributed by atoms with Gasteiger partial charge in [0.05, 0.1) is 6.54 Å². The minimum absolute atomic E-state index is 0.220. The molecule has 0 aliphatic heterocycles. The Morgan fingerprint density at radius 2 is 2.06 bits per heavy atom. The summed E-state index contributed by atoms with van der Waals surface area (Å²) in [6.07, 6.45) is -5.00. The first-order valence-corrected chi connectivity index (χ1v) is 4.20. The van der Waals surface area contributed by atoms with Gasteiger partial charge in [0, 0.05) is 7.05 Å². The van der Waals surface area contributed by atoms with Gasteiger partial charge in [-0.25, -0.2) is 14.5 Å². The van der Waals surface area contributed by atoms with Gasteiger partial charge >= 0.3 is 18.1 Å². The van der Waals surface area contributed by atoms with Crippen LogP contribution in [0, 0.1) is 0 Å². The highest BCUT2D eigenvalue weighted by Crippen LogP contribution is 2.14. The first-order valence-electron chi connectivity index (χ1n) is 4.20. The van der Waals surface area contributed by atoms with E-state index in [2.05, 4.69) is 10.1 Å². The number of halogens is 3. The highest BCUT2D eigenvalue weighted by Gasteiger charge is 2.38. The number of carbonyl (C=O) groups is 2. The predicted octanol–water partition coefficient (Wildman–Crippen LogP) is -0.308. The number of hydrogen-bond acceptors (Lipinski definition) is 4. The lowest BCUT2D eigenvalue weighted by Gasteiger charge is -2.05. The van der Waals surface area contributed by atoms with E-state index in [9.17, 15) is 22.8 Å². The third kappa shape index (κ3) is 3.16. The second-order valence-corrected chi connectivity index (χ2v) is 2.96. The van der Waals surface area contributed by atoms with Crippen LogP contribution in [0.25, 0.3) is 0 Å². The number of alkyl halides is 3. The number of rotatable bonds is 3. The molecule has 17 heavy (non-hydrogen) atoms. The Morgan fingerprint density at radius 3 is 2.47 bits per heavy atom. The molecule has 0 radical (unpaired) electrons. The second kappa shape index (κ2) is 4.39. The van der Waals surface area contributed by atoms with Crippen molar-refractivity contribution in [2.45, 2.75) is 12.7 Å². The van der Waals surface area contributed by atoms with Gasteiger partial charge in [-0.1, -0.05) is 0 Å². The van der Waals surface area contributed by atoms with Crippen LogP contribution in [0.2, 0.25) is 0 Å². The SMILES string of the molecule is Cn1nc(CNC(=O)C(F)(F)F)nc1C(=O)O. The molecule has 1 heterocycles. The molecule has 0 aromatic carbocycles. The summed E-state index contributed by atoms with van der Waals surface area (Å²) in [5.41, 5.74) is 0. The fraction of sp³-hybridized carbons (Fsp3) is 0.429. The van der Waals surface area contributed by atoms with Crippen molar-refractivity contribution in [2.75, 3.05) is 0 Å². The Morgan fingerprint density at radius 1 is 1.47 bits per heavy atom. The van der Waals surface area contributed by atoms with Gasteiger partial charge in [-0.2, -0.15) is 18.3 Å². The number of aromatic carboxylic acids is 1. The topological polar surface area (TPSA) is 97.1 Å². The summed E-state index contributed by atoms with van der Waals surface area (Å²) in [5, 5.41) is 13.6. The maximum absolute atomic E-state index is 11.8. The van der Waals surface area contributed by atoms with Crippen LogP contribution < -0.4 is 5.32 Å². The number of carboxylic acid groups (broad SMARTS) is 1. The van der Waals surface area contributed by atoms with Crippen LogP contribution in [-0.4, -0.2) is 37.9 Å². The summed E-state index contributed by atoms with van der Waals surface area (Å²) in [4.78, 5) is 24.4. The molecule has 1 rings (SSSR count). The molecule has 94 valence electrons. The Balaban J connectivity index is 2.68. The molecule has 1 amide bonds. The fourth-order valence-corrected chi connectivity index (χ4v) is 0.958. The molecule has 1 aromatic heterocycles. The zero-order valence-electron chi connectivity index (χ0n) is 8.45. The fourth-order valence-electron chi connectivity index (χ4n) is 0.958. The first kappa shape index (κ1) is 12.9. The van der Waals surface area contributed by atoms with Crippen molar-refractivity contribution >= 4 is 11.9 Å². The molecule has 2 N–H and O–H groups in total. The van der Waals surface area contributed by atoms with Crippen molar-refractivity contribution in [3.8, 4) is 0 Å². The molecule has 10 heteroatoms. The third-order valence-electron chi connectivity index (χ3n) is 1.66. The van der Waals surface area contributed by atoms with Crippen LogP contribution in [0.3, 0.4) is 0 Å². The van der Waals surface area contributed by atoms with Crippen LogP contribution in [0.5, 0.6) is 0 Å². The van der Waals surface area contributed by atoms with Gasteiger partial charge in [-0.05, 0) is 0 Å². The molecule has 0 unspecified atom stereocenters. The zero-order chi connectivity index (χ0) is 13.2. The van der Waals surface area contributed by atoms with Gasteiger partial charge in [-0.3, -0.25) is 4.79 Å². The number of aromatic nitrogens is 3. The zero-order valence-corrected chi connectivity index (χ0v) is 8.45. The Bertz CT molecular complexity index is 454. The summed E-state index contributed by atoms with van der Waals surface area (Å²) in [6, 6.07) is 0. The van der Waals surface area contributed by atoms with E-state index in [1.165, 1.54) is 12.4 Å². The largest absolute Gasteiger partial charge is 0.475 e. The molecule has 0 aliphatic carbocycles. The van der Waals surface area contributed by atoms with Crippen LogP contribution in [0.4, 0.5) is 13.2 Å². The van der Waals surface area contributed by atoms with E-state index in [0.29, 0.717) is 0 Å². The summed E-state index contributed by atoms with van der Waals surface area (Å²) in [7, 11) is 1.27. The predicted molar refractivity (Wildman–Crippen MR) is 45.9 cm³/mol. The normalized spacial score (nSPS) is 11.3. The monoisotopic (exact) mass is 252 g/mol. The van der Waals surface area contributed by atoms with Crippen LogP contribution >= 0.6 is 0 Å². The van der Waals surface area contributed by atoms with Crippen molar-refractivity contribution in [1.82, 2.24) is 20.1 Å². The molecule has 0 saturated carbocycles. The quantitative estimate of drug-likeness (QED) is 0.769. The van der Waals surface area contributed by atoms with Gasteiger partial charge < -0.3 is 10.4 Å². The highest BCUT2D eigenvalue weighted by atomic mass is 19.4. The van der Waals surface area contributed by atoms with Crippen molar-refractivity contribution < 1.29 is 27.9 Å². The van der Waals surface area contributed by atoms with E-state index in [1.807, 2.05) is 0 Å². The summed E-state index contributed by atoms with van der Waals surface area (Å²) in [6.45, 7) is -0.598. The summed E-state index contributed by atoms with van der Waals surface area (Å²) < 4.78 is 36.3. The summed E-state index contributed by atoms with van der Waals surface area (Å²) in [5.74, 6) is -4.15. The van der Waals surface area contributed by atoms with E-state index in [-0.39, 0.29) is 5.82 Å². The van der Waals surface area contributed by atoms with E-state index in [1.54, 1.807) is 0 Å². The molecule has 0 spiro atoms. The Hall–Kier alpha value is -2.13. The molecule has 0 aliphatic rings. The number of nitrogens with one attached hydrogen (secondary N) is 1. The van der Waals surface area contributed by atoms with Crippen molar-refractivity contribution in [1.29, 1.82) is 0 Å².